The minimum atomic E-state index is -0.340. The van der Waals surface area contributed by atoms with Crippen molar-refractivity contribution < 1.29 is 4.79 Å². The van der Waals surface area contributed by atoms with Crippen molar-refractivity contribution >= 4 is 60.8 Å². The number of thioether (sulfide) groups is 1. The van der Waals surface area contributed by atoms with Crippen molar-refractivity contribution in [3.8, 4) is 0 Å². The van der Waals surface area contributed by atoms with Gasteiger partial charge in [-0.15, -0.1) is 23.1 Å². The monoisotopic (exact) mass is 444 g/mol. The molecule has 0 aliphatic rings. The zero-order valence-corrected chi connectivity index (χ0v) is 18.9. The number of thiazole rings is 1. The number of hydrogen-bond acceptors (Lipinski definition) is 6. The SMILES string of the molecule is Cc1sc2nc(CSC(C)C(=O)N=c3sc4ccccc4n3C)[nH]c(=O)c2c1C. The van der Waals surface area contributed by atoms with E-state index in [1.165, 1.54) is 34.4 Å². The number of aromatic nitrogens is 3. The lowest BCUT2D eigenvalue weighted by atomic mass is 10.2. The third kappa shape index (κ3) is 3.82. The van der Waals surface area contributed by atoms with Gasteiger partial charge in [0, 0.05) is 11.9 Å². The van der Waals surface area contributed by atoms with E-state index in [1.54, 1.807) is 0 Å². The van der Waals surface area contributed by atoms with E-state index in [9.17, 15) is 9.59 Å². The van der Waals surface area contributed by atoms with Crippen molar-refractivity contribution in [1.29, 1.82) is 0 Å². The summed E-state index contributed by atoms with van der Waals surface area (Å²) >= 11 is 4.45. The number of fused-ring (bicyclic) bond motifs is 2. The van der Waals surface area contributed by atoms with E-state index >= 15 is 0 Å². The van der Waals surface area contributed by atoms with Gasteiger partial charge in [-0.05, 0) is 38.5 Å². The molecule has 0 radical (unpaired) electrons. The summed E-state index contributed by atoms with van der Waals surface area (Å²) in [6.45, 7) is 5.77. The van der Waals surface area contributed by atoms with Gasteiger partial charge in [-0.1, -0.05) is 23.5 Å². The molecule has 0 spiro atoms. The topological polar surface area (TPSA) is 80.1 Å². The number of aromatic amines is 1. The number of hydrogen-bond donors (Lipinski definition) is 1. The van der Waals surface area contributed by atoms with Gasteiger partial charge in [0.05, 0.1) is 26.6 Å². The molecule has 0 fully saturated rings. The highest BCUT2D eigenvalue weighted by Gasteiger charge is 2.16. The summed E-state index contributed by atoms with van der Waals surface area (Å²) < 4.78 is 3.03. The smallest absolute Gasteiger partial charge is 0.261 e. The Bertz CT molecular complexity index is 1360. The number of rotatable bonds is 4. The lowest BCUT2D eigenvalue weighted by Gasteiger charge is -2.06. The number of para-hydroxylation sites is 1. The van der Waals surface area contributed by atoms with E-state index in [2.05, 4.69) is 15.0 Å². The molecule has 29 heavy (non-hydrogen) atoms. The van der Waals surface area contributed by atoms with Crippen molar-refractivity contribution in [3.05, 3.63) is 55.7 Å². The van der Waals surface area contributed by atoms with Gasteiger partial charge in [-0.3, -0.25) is 9.59 Å². The number of aryl methyl sites for hydroxylation is 3. The highest BCUT2D eigenvalue weighted by molar-refractivity contribution is 7.99. The van der Waals surface area contributed by atoms with E-state index in [0.717, 1.165) is 25.5 Å². The molecule has 1 aromatic carbocycles. The Morgan fingerprint density at radius 2 is 2.07 bits per heavy atom. The van der Waals surface area contributed by atoms with Crippen LogP contribution in [0.3, 0.4) is 0 Å². The summed E-state index contributed by atoms with van der Waals surface area (Å²) in [5, 5.41) is 0.325. The zero-order valence-electron chi connectivity index (χ0n) is 16.5. The van der Waals surface area contributed by atoms with E-state index in [0.29, 0.717) is 21.8 Å². The highest BCUT2D eigenvalue weighted by atomic mass is 32.2. The molecule has 1 amide bonds. The predicted octanol–water partition coefficient (Wildman–Crippen LogP) is 3.90. The van der Waals surface area contributed by atoms with Crippen LogP contribution in [0.4, 0.5) is 0 Å². The lowest BCUT2D eigenvalue weighted by molar-refractivity contribution is -0.117. The lowest BCUT2D eigenvalue weighted by Crippen LogP contribution is -2.19. The third-order valence-corrected chi connectivity index (χ3v) is 8.18. The molecule has 3 aromatic heterocycles. The molecule has 9 heteroatoms. The van der Waals surface area contributed by atoms with Crippen molar-refractivity contribution in [3.63, 3.8) is 0 Å². The molecule has 3 heterocycles. The fourth-order valence-corrected chi connectivity index (χ4v) is 5.83. The fraction of sp³-hybridized carbons (Fsp3) is 0.300. The molecule has 0 bridgehead atoms. The number of nitrogens with one attached hydrogen (secondary N) is 1. The minimum Gasteiger partial charge on any atom is -0.319 e. The second kappa shape index (κ2) is 7.89. The maximum atomic E-state index is 12.6. The Hall–Kier alpha value is -2.23. The Balaban J connectivity index is 1.53. The summed E-state index contributed by atoms with van der Waals surface area (Å²) in [5.74, 6) is 0.839. The van der Waals surface area contributed by atoms with Crippen LogP contribution in [0.5, 0.6) is 0 Å². The van der Waals surface area contributed by atoms with Crippen LogP contribution in [-0.2, 0) is 17.6 Å². The number of H-pyrrole nitrogens is 1. The number of thiophene rings is 1. The molecule has 4 aromatic rings. The van der Waals surface area contributed by atoms with Gasteiger partial charge in [-0.2, -0.15) is 4.99 Å². The van der Waals surface area contributed by atoms with Gasteiger partial charge in [-0.25, -0.2) is 4.98 Å². The Morgan fingerprint density at radius 1 is 1.31 bits per heavy atom. The average Bonchev–Trinajstić information content (AvgIpc) is 3.16. The van der Waals surface area contributed by atoms with Crippen LogP contribution in [0.25, 0.3) is 20.4 Å². The summed E-state index contributed by atoms with van der Waals surface area (Å²) in [4.78, 5) is 39.3. The molecule has 0 saturated heterocycles. The van der Waals surface area contributed by atoms with Crippen LogP contribution < -0.4 is 10.4 Å². The van der Waals surface area contributed by atoms with Crippen LogP contribution in [0.1, 0.15) is 23.2 Å². The number of carbonyl (C=O) groups excluding carboxylic acids is 1. The summed E-state index contributed by atoms with van der Waals surface area (Å²) in [6, 6.07) is 7.98. The molecule has 1 N–H and O–H groups in total. The molecular formula is C20H20N4O2S3. The minimum absolute atomic E-state index is 0.117. The van der Waals surface area contributed by atoms with Gasteiger partial charge in [0.1, 0.15) is 10.7 Å². The van der Waals surface area contributed by atoms with E-state index in [-0.39, 0.29) is 16.7 Å². The normalized spacial score (nSPS) is 13.4. The van der Waals surface area contributed by atoms with Crippen LogP contribution in [0.2, 0.25) is 0 Å². The number of carbonyl (C=O) groups is 1. The average molecular weight is 445 g/mol. The molecule has 1 atom stereocenters. The molecule has 0 aliphatic heterocycles. The largest absolute Gasteiger partial charge is 0.319 e. The van der Waals surface area contributed by atoms with Crippen molar-refractivity contribution in [2.75, 3.05) is 0 Å². The highest BCUT2D eigenvalue weighted by Crippen LogP contribution is 2.26. The fourth-order valence-electron chi connectivity index (χ4n) is 3.02. The molecule has 0 saturated carbocycles. The summed E-state index contributed by atoms with van der Waals surface area (Å²) in [5.41, 5.74) is 1.92. The first-order valence-electron chi connectivity index (χ1n) is 9.08. The van der Waals surface area contributed by atoms with Gasteiger partial charge in [0.25, 0.3) is 11.5 Å². The number of benzene rings is 1. The summed E-state index contributed by atoms with van der Waals surface area (Å²) in [6.07, 6.45) is 0. The van der Waals surface area contributed by atoms with Crippen LogP contribution >= 0.6 is 34.4 Å². The maximum absolute atomic E-state index is 12.6. The van der Waals surface area contributed by atoms with E-state index in [1.807, 2.05) is 56.7 Å². The van der Waals surface area contributed by atoms with E-state index < -0.39 is 0 Å². The zero-order chi connectivity index (χ0) is 20.7. The number of amides is 1. The van der Waals surface area contributed by atoms with Gasteiger partial charge in [0.15, 0.2) is 4.80 Å². The first-order valence-corrected chi connectivity index (χ1v) is 11.8. The van der Waals surface area contributed by atoms with E-state index in [4.69, 9.17) is 0 Å². The van der Waals surface area contributed by atoms with Crippen LogP contribution in [0, 0.1) is 13.8 Å². The molecule has 1 unspecified atom stereocenters. The van der Waals surface area contributed by atoms with Crippen LogP contribution in [0.15, 0.2) is 34.1 Å². The van der Waals surface area contributed by atoms with Crippen molar-refractivity contribution in [2.45, 2.75) is 31.8 Å². The van der Waals surface area contributed by atoms with Gasteiger partial charge >= 0.3 is 0 Å². The second-order valence-corrected chi connectivity index (χ2v) is 10.3. The molecule has 6 nitrogen and oxygen atoms in total. The van der Waals surface area contributed by atoms with Crippen LogP contribution in [-0.4, -0.2) is 25.7 Å². The second-order valence-electron chi connectivity index (χ2n) is 6.79. The first kappa shape index (κ1) is 20.1. The first-order chi connectivity index (χ1) is 13.8. The maximum Gasteiger partial charge on any atom is 0.261 e. The Labute approximate surface area is 179 Å². The van der Waals surface area contributed by atoms with Gasteiger partial charge in [0.2, 0.25) is 0 Å². The predicted molar refractivity (Wildman–Crippen MR) is 122 cm³/mol. The molecule has 150 valence electrons. The van der Waals surface area contributed by atoms with Crippen molar-refractivity contribution in [2.24, 2.45) is 12.0 Å². The van der Waals surface area contributed by atoms with Crippen molar-refractivity contribution in [1.82, 2.24) is 14.5 Å². The third-order valence-electron chi connectivity index (χ3n) is 4.83. The summed E-state index contributed by atoms with van der Waals surface area (Å²) in [7, 11) is 1.91. The molecular weight excluding hydrogens is 424 g/mol. The van der Waals surface area contributed by atoms with Gasteiger partial charge < -0.3 is 9.55 Å². The quantitative estimate of drug-likeness (QED) is 0.518. The standard InChI is InChI=1S/C20H20N4O2S3/c1-10-11(2)28-19-16(10)18(26)21-15(22-19)9-27-12(3)17(25)23-20-24(4)13-7-5-6-8-14(13)29-20/h5-8,12H,9H2,1-4H3,(H,21,22,26). The molecule has 4 rings (SSSR count). The Morgan fingerprint density at radius 3 is 2.83 bits per heavy atom. The number of nitrogens with zero attached hydrogens (tertiary/aromatic N) is 3. The molecule has 0 aliphatic carbocycles. The Kier molecular flexibility index (Phi) is 5.46.